The van der Waals surface area contributed by atoms with Crippen LogP contribution in [0.2, 0.25) is 10.2 Å². The minimum atomic E-state index is -0.345. The molecule has 1 N–H and O–H groups in total. The van der Waals surface area contributed by atoms with Crippen LogP contribution in [-0.2, 0) is 0 Å². The van der Waals surface area contributed by atoms with Gasteiger partial charge in [-0.05, 0) is 24.3 Å². The van der Waals surface area contributed by atoms with Gasteiger partial charge in [0.1, 0.15) is 16.8 Å². The summed E-state index contributed by atoms with van der Waals surface area (Å²) < 4.78 is 14.0. The zero-order chi connectivity index (χ0) is 13.6. The van der Waals surface area contributed by atoms with Crippen LogP contribution in [0.3, 0.4) is 0 Å². The first kappa shape index (κ1) is 12.8. The number of nitrogens with zero attached hydrogens (tertiary/aromatic N) is 2. The number of imidazole rings is 1. The molecule has 96 valence electrons. The fourth-order valence-corrected chi connectivity index (χ4v) is 2.42. The second-order valence-electron chi connectivity index (χ2n) is 3.84. The van der Waals surface area contributed by atoms with Crippen molar-refractivity contribution in [2.75, 3.05) is 0 Å². The Balaban J connectivity index is 2.23. The largest absolute Gasteiger partial charge is 0.336 e. The number of aromatic nitrogens is 3. The third kappa shape index (κ3) is 2.33. The van der Waals surface area contributed by atoms with Crippen LogP contribution in [0.1, 0.15) is 0 Å². The predicted molar refractivity (Wildman–Crippen MR) is 77.0 cm³/mol. The second-order valence-corrected chi connectivity index (χ2v) is 5.46. The average Bonchev–Trinajstić information content (AvgIpc) is 2.75. The minimum absolute atomic E-state index is 0.186. The Morgan fingerprint density at radius 2 is 1.95 bits per heavy atom. The van der Waals surface area contributed by atoms with E-state index in [1.807, 2.05) is 0 Å². The molecule has 0 unspecified atom stereocenters. The monoisotopic (exact) mass is 359 g/mol. The van der Waals surface area contributed by atoms with E-state index in [2.05, 4.69) is 30.9 Å². The molecule has 0 bridgehead atoms. The summed E-state index contributed by atoms with van der Waals surface area (Å²) in [6, 6.07) is 5.99. The first-order valence-corrected chi connectivity index (χ1v) is 6.76. The van der Waals surface area contributed by atoms with Gasteiger partial charge in [-0.25, -0.2) is 14.4 Å². The number of rotatable bonds is 1. The molecule has 19 heavy (non-hydrogen) atoms. The molecule has 0 amide bonds. The highest BCUT2D eigenvalue weighted by atomic mass is 79.9. The molecule has 0 aliphatic heterocycles. The fourth-order valence-electron chi connectivity index (χ4n) is 1.70. The summed E-state index contributed by atoms with van der Waals surface area (Å²) in [5, 5.41) is 0.521. The van der Waals surface area contributed by atoms with Gasteiger partial charge < -0.3 is 4.98 Å². The van der Waals surface area contributed by atoms with E-state index in [0.29, 0.717) is 27.6 Å². The molecule has 3 aromatic rings. The van der Waals surface area contributed by atoms with Crippen LogP contribution >= 0.6 is 39.1 Å². The fraction of sp³-hybridized carbons (Fsp3) is 0. The smallest absolute Gasteiger partial charge is 0.179 e. The van der Waals surface area contributed by atoms with Crippen molar-refractivity contribution in [3.63, 3.8) is 0 Å². The number of hydrogen-bond acceptors (Lipinski definition) is 2. The van der Waals surface area contributed by atoms with Crippen molar-refractivity contribution in [1.29, 1.82) is 0 Å². The summed E-state index contributed by atoms with van der Waals surface area (Å²) in [5.74, 6) is 0.148. The lowest BCUT2D eigenvalue weighted by Crippen LogP contribution is -1.84. The molecule has 0 radical (unpaired) electrons. The lowest BCUT2D eigenvalue weighted by atomic mass is 10.2. The van der Waals surface area contributed by atoms with Crippen LogP contribution in [-0.4, -0.2) is 15.0 Å². The Morgan fingerprint density at radius 3 is 2.74 bits per heavy atom. The van der Waals surface area contributed by atoms with E-state index in [4.69, 9.17) is 23.2 Å². The molecular weight excluding hydrogens is 356 g/mol. The molecule has 2 aromatic heterocycles. The Bertz CT molecular complexity index is 749. The van der Waals surface area contributed by atoms with Crippen molar-refractivity contribution in [3.8, 4) is 11.4 Å². The van der Waals surface area contributed by atoms with E-state index in [0.717, 1.165) is 4.47 Å². The number of benzene rings is 1. The Morgan fingerprint density at radius 1 is 1.16 bits per heavy atom. The van der Waals surface area contributed by atoms with E-state index in [1.54, 1.807) is 12.1 Å². The van der Waals surface area contributed by atoms with Gasteiger partial charge in [0.2, 0.25) is 0 Å². The lowest BCUT2D eigenvalue weighted by Gasteiger charge is -2.00. The minimum Gasteiger partial charge on any atom is -0.336 e. The summed E-state index contributed by atoms with van der Waals surface area (Å²) in [6.07, 6.45) is 0. The Kier molecular flexibility index (Phi) is 3.20. The van der Waals surface area contributed by atoms with Crippen LogP contribution in [0.15, 0.2) is 28.7 Å². The molecule has 0 aliphatic rings. The predicted octanol–water partition coefficient (Wildman–Crippen LogP) is 4.83. The molecule has 2 heterocycles. The van der Waals surface area contributed by atoms with E-state index >= 15 is 0 Å². The quantitative estimate of drug-likeness (QED) is 0.631. The topological polar surface area (TPSA) is 41.6 Å². The summed E-state index contributed by atoms with van der Waals surface area (Å²) in [5.41, 5.74) is 1.67. The van der Waals surface area contributed by atoms with Gasteiger partial charge >= 0.3 is 0 Å². The summed E-state index contributed by atoms with van der Waals surface area (Å²) in [7, 11) is 0. The molecule has 1 aromatic carbocycles. The number of H-pyrrole nitrogens is 1. The zero-order valence-electron chi connectivity index (χ0n) is 9.22. The molecule has 0 atom stereocenters. The van der Waals surface area contributed by atoms with Crippen molar-refractivity contribution in [1.82, 2.24) is 15.0 Å². The average molecular weight is 361 g/mol. The highest BCUT2D eigenvalue weighted by Crippen LogP contribution is 2.30. The zero-order valence-corrected chi connectivity index (χ0v) is 12.3. The third-order valence-electron chi connectivity index (χ3n) is 2.57. The molecule has 3 rings (SSSR count). The summed E-state index contributed by atoms with van der Waals surface area (Å²) in [6.45, 7) is 0. The van der Waals surface area contributed by atoms with Crippen LogP contribution < -0.4 is 0 Å². The van der Waals surface area contributed by atoms with Crippen molar-refractivity contribution in [2.24, 2.45) is 0 Å². The van der Waals surface area contributed by atoms with Gasteiger partial charge in [0, 0.05) is 10.0 Å². The summed E-state index contributed by atoms with van der Waals surface area (Å²) >= 11 is 15.1. The van der Waals surface area contributed by atoms with Gasteiger partial charge in [-0.1, -0.05) is 39.1 Å². The molecule has 7 heteroatoms. The van der Waals surface area contributed by atoms with Gasteiger partial charge in [-0.15, -0.1) is 0 Å². The molecule has 0 fully saturated rings. The van der Waals surface area contributed by atoms with Gasteiger partial charge in [0.25, 0.3) is 0 Å². The van der Waals surface area contributed by atoms with Crippen LogP contribution in [0.25, 0.3) is 22.6 Å². The van der Waals surface area contributed by atoms with Crippen LogP contribution in [0.5, 0.6) is 0 Å². The van der Waals surface area contributed by atoms with Crippen LogP contribution in [0.4, 0.5) is 4.39 Å². The molecule has 0 saturated carbocycles. The third-order valence-corrected chi connectivity index (χ3v) is 3.93. The first-order chi connectivity index (χ1) is 9.04. The number of nitrogens with one attached hydrogen (secondary N) is 1. The van der Waals surface area contributed by atoms with Crippen molar-refractivity contribution < 1.29 is 4.39 Å². The molecule has 3 nitrogen and oxygen atoms in total. The highest BCUT2D eigenvalue weighted by molar-refractivity contribution is 9.10. The number of aromatic amines is 1. The normalized spacial score (nSPS) is 11.2. The first-order valence-electron chi connectivity index (χ1n) is 5.22. The van der Waals surface area contributed by atoms with Gasteiger partial charge in [0.05, 0.1) is 10.5 Å². The molecular formula is C12H5BrCl2FN3. The van der Waals surface area contributed by atoms with E-state index in [1.165, 1.54) is 12.1 Å². The van der Waals surface area contributed by atoms with Gasteiger partial charge in [-0.3, -0.25) is 0 Å². The maximum absolute atomic E-state index is 13.3. The maximum atomic E-state index is 13.3. The van der Waals surface area contributed by atoms with Crippen molar-refractivity contribution in [2.45, 2.75) is 0 Å². The standard InChI is InChI=1S/C12H5BrCl2FN3/c13-7-2-1-5(16)3-6(7)11-17-9-4-8(14)10(15)18-12(9)19-11/h1-4H,(H,17,18,19). The number of fused-ring (bicyclic) bond motifs is 1. The number of pyridine rings is 1. The van der Waals surface area contributed by atoms with E-state index in [9.17, 15) is 4.39 Å². The van der Waals surface area contributed by atoms with Crippen molar-refractivity contribution >= 4 is 50.3 Å². The van der Waals surface area contributed by atoms with E-state index < -0.39 is 0 Å². The Labute approximate surface area is 125 Å². The van der Waals surface area contributed by atoms with Crippen molar-refractivity contribution in [3.05, 3.63) is 44.7 Å². The Hall–Kier alpha value is -1.17. The lowest BCUT2D eigenvalue weighted by molar-refractivity contribution is 0.628. The van der Waals surface area contributed by atoms with Gasteiger partial charge in [0.15, 0.2) is 5.65 Å². The summed E-state index contributed by atoms with van der Waals surface area (Å²) in [4.78, 5) is 11.4. The number of halogens is 4. The van der Waals surface area contributed by atoms with Gasteiger partial charge in [-0.2, -0.15) is 0 Å². The molecule has 0 saturated heterocycles. The SMILES string of the molecule is Fc1ccc(Br)c(-c2nc3nc(Cl)c(Cl)cc3[nH]2)c1. The second kappa shape index (κ2) is 4.74. The number of hydrogen-bond donors (Lipinski definition) is 1. The maximum Gasteiger partial charge on any atom is 0.179 e. The van der Waals surface area contributed by atoms with Crippen LogP contribution in [0, 0.1) is 5.82 Å². The molecule has 0 spiro atoms. The molecule has 0 aliphatic carbocycles. The highest BCUT2D eigenvalue weighted by Gasteiger charge is 2.12. The van der Waals surface area contributed by atoms with E-state index in [-0.39, 0.29) is 11.0 Å².